The van der Waals surface area contributed by atoms with Crippen LogP contribution in [0.4, 0.5) is 13.2 Å². The van der Waals surface area contributed by atoms with Gasteiger partial charge in [0.1, 0.15) is 6.61 Å². The lowest BCUT2D eigenvalue weighted by atomic mass is 10.2. The van der Waals surface area contributed by atoms with E-state index in [-0.39, 0.29) is 12.3 Å². The number of hydrogen-bond donors (Lipinski definition) is 2. The average molecular weight is 280 g/mol. The number of rotatable bonds is 6. The molecule has 0 saturated heterocycles. The Kier molecular flexibility index (Phi) is 7.21. The molecule has 0 spiro atoms. The second-order valence-corrected chi connectivity index (χ2v) is 4.08. The maximum atomic E-state index is 11.8. The fraction of sp³-hybridized carbons (Fsp3) is 0.583. The zero-order chi connectivity index (χ0) is 15.1. The van der Waals surface area contributed by atoms with Gasteiger partial charge in [0, 0.05) is 12.7 Å². The highest BCUT2D eigenvalue weighted by Crippen LogP contribution is 2.14. The lowest BCUT2D eigenvalue weighted by Crippen LogP contribution is -2.30. The highest BCUT2D eigenvalue weighted by atomic mass is 19.4. The molecule has 1 amide bonds. The third-order valence-corrected chi connectivity index (χ3v) is 2.24. The van der Waals surface area contributed by atoms with Gasteiger partial charge >= 0.3 is 6.18 Å². The van der Waals surface area contributed by atoms with Crippen LogP contribution in [-0.4, -0.2) is 32.3 Å². The molecule has 0 radical (unpaired) electrons. The number of alkyl halides is 3. The number of halogens is 3. The van der Waals surface area contributed by atoms with Gasteiger partial charge in [-0.1, -0.05) is 5.57 Å². The van der Waals surface area contributed by atoms with Gasteiger partial charge in [-0.05, 0) is 26.8 Å². The van der Waals surface area contributed by atoms with Crippen LogP contribution in [0.15, 0.2) is 23.0 Å². The number of likely N-dealkylation sites (N-methyl/N-ethyl adjacent to an activating group) is 1. The normalized spacial score (nSPS) is 12.1. The second-order valence-electron chi connectivity index (χ2n) is 4.08. The molecule has 0 aromatic rings. The summed E-state index contributed by atoms with van der Waals surface area (Å²) in [6, 6.07) is 0. The van der Waals surface area contributed by atoms with E-state index in [2.05, 4.69) is 15.4 Å². The molecule has 2 N–H and O–H groups in total. The van der Waals surface area contributed by atoms with Crippen LogP contribution in [0, 0.1) is 0 Å². The van der Waals surface area contributed by atoms with Crippen LogP contribution in [0.1, 0.15) is 20.8 Å². The van der Waals surface area contributed by atoms with Crippen LogP contribution in [0.2, 0.25) is 0 Å². The van der Waals surface area contributed by atoms with E-state index in [4.69, 9.17) is 0 Å². The minimum absolute atomic E-state index is 0.155. The molecule has 110 valence electrons. The molecule has 0 saturated carbocycles. The fourth-order valence-corrected chi connectivity index (χ4v) is 0.988. The van der Waals surface area contributed by atoms with Crippen molar-refractivity contribution >= 4 is 5.91 Å². The highest BCUT2D eigenvalue weighted by molar-refractivity contribution is 5.93. The topological polar surface area (TPSA) is 50.4 Å². The average Bonchev–Trinajstić information content (AvgIpc) is 2.27. The van der Waals surface area contributed by atoms with E-state index < -0.39 is 18.7 Å². The summed E-state index contributed by atoms with van der Waals surface area (Å²) in [7, 11) is 1.51. The van der Waals surface area contributed by atoms with Crippen LogP contribution in [0.3, 0.4) is 0 Å². The predicted octanol–water partition coefficient (Wildman–Crippen LogP) is 2.10. The first kappa shape index (κ1) is 17.5. The van der Waals surface area contributed by atoms with Crippen molar-refractivity contribution in [3.63, 3.8) is 0 Å². The van der Waals surface area contributed by atoms with E-state index in [1.54, 1.807) is 6.92 Å². The first-order valence-electron chi connectivity index (χ1n) is 5.65. The number of carbonyl (C=O) groups is 1. The molecule has 0 heterocycles. The Bertz CT molecular complexity index is 370. The van der Waals surface area contributed by atoms with Crippen LogP contribution < -0.4 is 10.6 Å². The Balaban J connectivity index is 4.41. The first-order valence-corrected chi connectivity index (χ1v) is 5.65. The summed E-state index contributed by atoms with van der Waals surface area (Å²) in [4.78, 5) is 11.7. The third-order valence-electron chi connectivity index (χ3n) is 2.24. The molecule has 7 heteroatoms. The summed E-state index contributed by atoms with van der Waals surface area (Å²) in [5.41, 5.74) is 1.79. The molecule has 0 fully saturated rings. The number of hydrogen-bond acceptors (Lipinski definition) is 3. The summed E-state index contributed by atoms with van der Waals surface area (Å²) < 4.78 is 39.9. The Morgan fingerprint density at radius 2 is 1.84 bits per heavy atom. The molecule has 0 atom stereocenters. The summed E-state index contributed by atoms with van der Waals surface area (Å²) in [5, 5.41) is 5.23. The maximum absolute atomic E-state index is 11.8. The largest absolute Gasteiger partial charge is 0.411 e. The van der Waals surface area contributed by atoms with Gasteiger partial charge in [0.2, 0.25) is 0 Å². The maximum Gasteiger partial charge on any atom is 0.411 e. The molecule has 4 nitrogen and oxygen atoms in total. The van der Waals surface area contributed by atoms with Crippen molar-refractivity contribution in [1.82, 2.24) is 10.6 Å². The molecular formula is C12H19F3N2O2. The molecule has 0 aliphatic rings. The molecule has 0 unspecified atom stereocenters. The van der Waals surface area contributed by atoms with Gasteiger partial charge in [0.25, 0.3) is 5.91 Å². The Morgan fingerprint density at radius 1 is 1.26 bits per heavy atom. The standard InChI is InChI=1S/C12H19F3N2O2/c1-8(2)9(3)17-11(18)10(16-4)5-6-19-7-12(13,14)15/h5,16H,6-7H2,1-4H3,(H,17,18)/b10-5-. The van der Waals surface area contributed by atoms with Gasteiger partial charge in [0.15, 0.2) is 0 Å². The lowest BCUT2D eigenvalue weighted by Gasteiger charge is -2.10. The Hall–Kier alpha value is -1.50. The smallest absolute Gasteiger partial charge is 0.384 e. The predicted molar refractivity (Wildman–Crippen MR) is 66.2 cm³/mol. The van der Waals surface area contributed by atoms with E-state index in [0.29, 0.717) is 5.70 Å². The summed E-state index contributed by atoms with van der Waals surface area (Å²) in [6.45, 7) is 3.78. The third kappa shape index (κ3) is 8.25. The zero-order valence-corrected chi connectivity index (χ0v) is 11.4. The van der Waals surface area contributed by atoms with Gasteiger partial charge < -0.3 is 15.4 Å². The Labute approximate surface area is 110 Å². The molecular weight excluding hydrogens is 261 g/mol. The van der Waals surface area contributed by atoms with Gasteiger partial charge in [-0.15, -0.1) is 0 Å². The molecule has 19 heavy (non-hydrogen) atoms. The quantitative estimate of drug-likeness (QED) is 0.578. The molecule has 0 rings (SSSR count). The van der Waals surface area contributed by atoms with Gasteiger partial charge in [0.05, 0.1) is 12.3 Å². The number of ether oxygens (including phenoxy) is 1. The van der Waals surface area contributed by atoms with Crippen molar-refractivity contribution < 1.29 is 22.7 Å². The second kappa shape index (κ2) is 7.83. The summed E-state index contributed by atoms with van der Waals surface area (Å²) in [6.07, 6.45) is -3.10. The highest BCUT2D eigenvalue weighted by Gasteiger charge is 2.27. The van der Waals surface area contributed by atoms with E-state index in [1.165, 1.54) is 13.1 Å². The van der Waals surface area contributed by atoms with Crippen LogP contribution >= 0.6 is 0 Å². The fourth-order valence-electron chi connectivity index (χ4n) is 0.988. The minimum Gasteiger partial charge on any atom is -0.384 e. The number of nitrogens with one attached hydrogen (secondary N) is 2. The van der Waals surface area contributed by atoms with E-state index >= 15 is 0 Å². The zero-order valence-electron chi connectivity index (χ0n) is 11.4. The van der Waals surface area contributed by atoms with Crippen molar-refractivity contribution in [3.8, 4) is 0 Å². The van der Waals surface area contributed by atoms with Gasteiger partial charge in [-0.2, -0.15) is 13.2 Å². The molecule has 0 aliphatic heterocycles. The van der Waals surface area contributed by atoms with Crippen molar-refractivity contribution in [2.75, 3.05) is 20.3 Å². The summed E-state index contributed by atoms with van der Waals surface area (Å²) >= 11 is 0. The summed E-state index contributed by atoms with van der Waals surface area (Å²) in [5.74, 6) is -0.420. The van der Waals surface area contributed by atoms with Crippen LogP contribution in [0.5, 0.6) is 0 Å². The van der Waals surface area contributed by atoms with Crippen LogP contribution in [-0.2, 0) is 9.53 Å². The first-order chi connectivity index (χ1) is 8.67. The number of carbonyl (C=O) groups excluding carboxylic acids is 1. The number of allylic oxidation sites excluding steroid dienone is 2. The van der Waals surface area contributed by atoms with Gasteiger partial charge in [-0.3, -0.25) is 4.79 Å². The number of amides is 1. The molecule has 0 bridgehead atoms. The van der Waals surface area contributed by atoms with Crippen LogP contribution in [0.25, 0.3) is 0 Å². The SMILES string of the molecule is CN/C(=C\COCC(F)(F)F)C(=O)NC(C)=C(C)C. The van der Waals surface area contributed by atoms with Crippen molar-refractivity contribution in [2.45, 2.75) is 26.9 Å². The van der Waals surface area contributed by atoms with Gasteiger partial charge in [-0.25, -0.2) is 0 Å². The molecule has 0 aliphatic carbocycles. The molecule has 0 aromatic carbocycles. The van der Waals surface area contributed by atoms with Crippen molar-refractivity contribution in [1.29, 1.82) is 0 Å². The monoisotopic (exact) mass is 280 g/mol. The van der Waals surface area contributed by atoms with Crippen molar-refractivity contribution in [2.24, 2.45) is 0 Å². The Morgan fingerprint density at radius 3 is 2.26 bits per heavy atom. The van der Waals surface area contributed by atoms with E-state index in [1.807, 2.05) is 13.8 Å². The van der Waals surface area contributed by atoms with E-state index in [9.17, 15) is 18.0 Å². The minimum atomic E-state index is -4.37. The van der Waals surface area contributed by atoms with E-state index in [0.717, 1.165) is 5.57 Å². The molecule has 0 aromatic heterocycles. The lowest BCUT2D eigenvalue weighted by molar-refractivity contribution is -0.171. The van der Waals surface area contributed by atoms with Crippen molar-refractivity contribution in [3.05, 3.63) is 23.0 Å².